The van der Waals surface area contributed by atoms with Gasteiger partial charge in [0.15, 0.2) is 5.78 Å². The van der Waals surface area contributed by atoms with Gasteiger partial charge in [0.2, 0.25) is 11.8 Å². The van der Waals surface area contributed by atoms with Crippen LogP contribution in [0.1, 0.15) is 42.1 Å². The first-order chi connectivity index (χ1) is 18.7. The SMILES string of the molecule is COC(=O)[C@@H]1CCC(=O)N(Cc2ccc(OC)cc2)C/C=C/COc2cc(Cl)ccc2C(=O)C[C@H](C)C(=O)N1. The number of ketones is 1. The van der Waals surface area contributed by atoms with Crippen molar-refractivity contribution in [3.05, 3.63) is 70.8 Å². The van der Waals surface area contributed by atoms with Crippen LogP contribution < -0.4 is 14.8 Å². The maximum Gasteiger partial charge on any atom is 0.328 e. The molecular formula is C29H33ClN2O7. The molecule has 0 aliphatic carbocycles. The van der Waals surface area contributed by atoms with Crippen LogP contribution in [0.3, 0.4) is 0 Å². The Morgan fingerprint density at radius 2 is 1.85 bits per heavy atom. The van der Waals surface area contributed by atoms with Gasteiger partial charge in [-0.05, 0) is 48.4 Å². The first-order valence-electron chi connectivity index (χ1n) is 12.6. The molecule has 1 N–H and O–H groups in total. The third-order valence-corrected chi connectivity index (χ3v) is 6.58. The molecule has 0 fully saturated rings. The van der Waals surface area contributed by atoms with Crippen LogP contribution in [0.2, 0.25) is 5.02 Å². The van der Waals surface area contributed by atoms with Crippen molar-refractivity contribution in [3.8, 4) is 11.5 Å². The molecule has 2 aromatic rings. The number of Topliss-reactive ketones (excluding diaryl/α,β-unsaturated/α-hetero) is 1. The molecule has 39 heavy (non-hydrogen) atoms. The van der Waals surface area contributed by atoms with E-state index in [0.29, 0.717) is 28.6 Å². The maximum absolute atomic E-state index is 13.2. The smallest absolute Gasteiger partial charge is 0.328 e. The molecule has 0 unspecified atom stereocenters. The molecule has 1 aliphatic heterocycles. The molecule has 1 aliphatic rings. The van der Waals surface area contributed by atoms with Gasteiger partial charge in [0.05, 0.1) is 19.8 Å². The molecule has 3 rings (SSSR count). The summed E-state index contributed by atoms with van der Waals surface area (Å²) in [7, 11) is 2.80. The Hall–Kier alpha value is -3.85. The van der Waals surface area contributed by atoms with E-state index < -0.39 is 23.8 Å². The Kier molecular flexibility index (Phi) is 10.9. The van der Waals surface area contributed by atoms with Gasteiger partial charge in [-0.25, -0.2) is 4.79 Å². The van der Waals surface area contributed by atoms with Crippen LogP contribution in [0.25, 0.3) is 0 Å². The first kappa shape index (κ1) is 29.7. The fourth-order valence-corrected chi connectivity index (χ4v) is 4.23. The molecule has 0 spiro atoms. The molecule has 1 heterocycles. The number of ether oxygens (including phenoxy) is 3. The van der Waals surface area contributed by atoms with Gasteiger partial charge in [0, 0.05) is 36.9 Å². The van der Waals surface area contributed by atoms with E-state index in [1.54, 1.807) is 49.3 Å². The number of nitrogens with one attached hydrogen (secondary N) is 1. The zero-order valence-electron chi connectivity index (χ0n) is 22.3. The Morgan fingerprint density at radius 1 is 1.10 bits per heavy atom. The molecule has 2 aromatic carbocycles. The van der Waals surface area contributed by atoms with Crippen molar-refractivity contribution in [1.29, 1.82) is 0 Å². The maximum atomic E-state index is 13.2. The highest BCUT2D eigenvalue weighted by Gasteiger charge is 2.28. The number of halogens is 1. The van der Waals surface area contributed by atoms with Crippen molar-refractivity contribution in [1.82, 2.24) is 10.2 Å². The Morgan fingerprint density at radius 3 is 2.54 bits per heavy atom. The van der Waals surface area contributed by atoms with Crippen molar-refractivity contribution in [2.24, 2.45) is 5.92 Å². The van der Waals surface area contributed by atoms with E-state index in [1.807, 2.05) is 24.3 Å². The summed E-state index contributed by atoms with van der Waals surface area (Å²) in [6.07, 6.45) is 3.49. The zero-order valence-corrected chi connectivity index (χ0v) is 23.0. The summed E-state index contributed by atoms with van der Waals surface area (Å²) in [4.78, 5) is 53.2. The van der Waals surface area contributed by atoms with Crippen molar-refractivity contribution in [3.63, 3.8) is 0 Å². The Balaban J connectivity index is 1.88. The lowest BCUT2D eigenvalue weighted by Gasteiger charge is -2.23. The number of hydrogen-bond donors (Lipinski definition) is 1. The molecule has 0 radical (unpaired) electrons. The largest absolute Gasteiger partial charge is 0.497 e. The van der Waals surface area contributed by atoms with Crippen molar-refractivity contribution in [2.75, 3.05) is 27.4 Å². The number of methoxy groups -OCH3 is 2. The standard InChI is InChI=1S/C29H33ClN2O7/c1-19-16-25(33)23-11-8-21(30)17-26(23)39-15-5-4-14-32(18-20-6-9-22(37-2)10-7-20)27(34)13-12-24(29(36)38-3)31-28(19)35/h4-11,17,19,24H,12-16,18H2,1-3H3,(H,31,35)/b5-4+/t19-,24-/m0/s1. The normalized spacial score (nSPS) is 20.2. The van der Waals surface area contributed by atoms with Crippen LogP contribution in [0, 0.1) is 5.92 Å². The average molecular weight is 557 g/mol. The van der Waals surface area contributed by atoms with Gasteiger partial charge in [-0.3, -0.25) is 14.4 Å². The number of benzene rings is 2. The van der Waals surface area contributed by atoms with Gasteiger partial charge < -0.3 is 24.4 Å². The highest BCUT2D eigenvalue weighted by atomic mass is 35.5. The fraction of sp³-hybridized carbons (Fsp3) is 0.379. The van der Waals surface area contributed by atoms with Gasteiger partial charge in [-0.1, -0.05) is 36.7 Å². The third kappa shape index (κ3) is 8.58. The minimum absolute atomic E-state index is 0.00219. The van der Waals surface area contributed by atoms with E-state index >= 15 is 0 Å². The number of esters is 1. The van der Waals surface area contributed by atoms with E-state index in [1.165, 1.54) is 7.11 Å². The lowest BCUT2D eigenvalue weighted by atomic mass is 9.97. The highest BCUT2D eigenvalue weighted by Crippen LogP contribution is 2.26. The number of rotatable bonds is 4. The number of carbonyl (C=O) groups is 4. The molecule has 0 saturated heterocycles. The van der Waals surface area contributed by atoms with Crippen molar-refractivity contribution >= 4 is 35.2 Å². The molecule has 9 nitrogen and oxygen atoms in total. The van der Waals surface area contributed by atoms with Crippen molar-refractivity contribution in [2.45, 2.75) is 38.8 Å². The van der Waals surface area contributed by atoms with Gasteiger partial charge >= 0.3 is 5.97 Å². The van der Waals surface area contributed by atoms with Gasteiger partial charge in [-0.2, -0.15) is 0 Å². The second kappa shape index (κ2) is 14.3. The molecule has 0 saturated carbocycles. The minimum atomic E-state index is -1.03. The number of nitrogens with zero attached hydrogens (tertiary/aromatic N) is 1. The van der Waals surface area contributed by atoms with Crippen molar-refractivity contribution < 1.29 is 33.4 Å². The molecule has 10 heteroatoms. The van der Waals surface area contributed by atoms with Crippen LogP contribution in [0.5, 0.6) is 11.5 Å². The van der Waals surface area contributed by atoms with E-state index in [-0.39, 0.29) is 44.1 Å². The number of fused-ring (bicyclic) bond motifs is 1. The van der Waals surface area contributed by atoms with Crippen LogP contribution in [-0.2, 0) is 25.7 Å². The first-order valence-corrected chi connectivity index (χ1v) is 13.0. The van der Waals surface area contributed by atoms with Gasteiger partial charge in [-0.15, -0.1) is 0 Å². The minimum Gasteiger partial charge on any atom is -0.497 e. The quantitative estimate of drug-likeness (QED) is 0.448. The van der Waals surface area contributed by atoms with Crippen LogP contribution >= 0.6 is 11.6 Å². The highest BCUT2D eigenvalue weighted by molar-refractivity contribution is 6.30. The van der Waals surface area contributed by atoms with E-state index in [4.69, 9.17) is 25.8 Å². The predicted molar refractivity (Wildman–Crippen MR) is 146 cm³/mol. The van der Waals surface area contributed by atoms with Gasteiger partial charge in [0.25, 0.3) is 0 Å². The third-order valence-electron chi connectivity index (χ3n) is 6.35. The molecular weight excluding hydrogens is 524 g/mol. The summed E-state index contributed by atoms with van der Waals surface area (Å²) < 4.78 is 15.9. The second-order valence-electron chi connectivity index (χ2n) is 9.20. The average Bonchev–Trinajstić information content (AvgIpc) is 2.93. The lowest BCUT2D eigenvalue weighted by molar-refractivity contribution is -0.146. The molecule has 208 valence electrons. The van der Waals surface area contributed by atoms with Gasteiger partial charge in [0.1, 0.15) is 24.1 Å². The Bertz CT molecular complexity index is 1210. The van der Waals surface area contributed by atoms with Crippen LogP contribution in [0.4, 0.5) is 0 Å². The van der Waals surface area contributed by atoms with Crippen LogP contribution in [-0.4, -0.2) is 61.9 Å². The van der Waals surface area contributed by atoms with E-state index in [2.05, 4.69) is 5.32 Å². The zero-order chi connectivity index (χ0) is 28.4. The summed E-state index contributed by atoms with van der Waals surface area (Å²) in [5, 5.41) is 3.05. The summed E-state index contributed by atoms with van der Waals surface area (Å²) in [5.74, 6) is -1.40. The topological polar surface area (TPSA) is 111 Å². The number of carbonyl (C=O) groups excluding carboxylic acids is 4. The number of hydrogen-bond acceptors (Lipinski definition) is 7. The molecule has 0 bridgehead atoms. The monoisotopic (exact) mass is 556 g/mol. The van der Waals surface area contributed by atoms with Crippen LogP contribution in [0.15, 0.2) is 54.6 Å². The fourth-order valence-electron chi connectivity index (χ4n) is 4.07. The summed E-state index contributed by atoms with van der Waals surface area (Å²) in [5.41, 5.74) is 1.20. The number of amides is 2. The predicted octanol–water partition coefficient (Wildman–Crippen LogP) is 3.97. The molecule has 2 amide bonds. The molecule has 0 aromatic heterocycles. The lowest BCUT2D eigenvalue weighted by Crippen LogP contribution is -2.45. The van der Waals surface area contributed by atoms with E-state index in [9.17, 15) is 19.2 Å². The Labute approximate surface area is 233 Å². The second-order valence-corrected chi connectivity index (χ2v) is 9.63. The summed E-state index contributed by atoms with van der Waals surface area (Å²) in [6, 6.07) is 11.0. The molecule has 2 atom stereocenters. The summed E-state index contributed by atoms with van der Waals surface area (Å²) >= 11 is 6.13. The van der Waals surface area contributed by atoms with E-state index in [0.717, 1.165) is 5.56 Å². The summed E-state index contributed by atoms with van der Waals surface area (Å²) in [6.45, 7) is 2.34.